The zero-order valence-electron chi connectivity index (χ0n) is 12.3. The van der Waals surface area contributed by atoms with Gasteiger partial charge in [0.2, 0.25) is 0 Å². The molecular formula is C15H12Cl2N2O4S. The average molecular weight is 387 g/mol. The van der Waals surface area contributed by atoms with Crippen molar-refractivity contribution in [3.8, 4) is 0 Å². The minimum atomic E-state index is -3.34. The molecule has 24 heavy (non-hydrogen) atoms. The number of carbonyl (C=O) groups excluding carboxylic acids is 2. The highest BCUT2D eigenvalue weighted by Gasteiger charge is 2.13. The number of benzene rings is 2. The molecule has 126 valence electrons. The summed E-state index contributed by atoms with van der Waals surface area (Å²) in [6.45, 7) is 0. The smallest absolute Gasteiger partial charge is 0.267 e. The van der Waals surface area contributed by atoms with Crippen LogP contribution in [0.4, 0.5) is 0 Å². The summed E-state index contributed by atoms with van der Waals surface area (Å²) in [4.78, 5) is 24.0. The number of nitrogens with one attached hydrogen (secondary N) is 2. The highest BCUT2D eigenvalue weighted by atomic mass is 35.5. The molecule has 0 fully saturated rings. The Balaban J connectivity index is 2.03. The van der Waals surface area contributed by atoms with Crippen molar-refractivity contribution < 1.29 is 18.0 Å². The van der Waals surface area contributed by atoms with Gasteiger partial charge in [0.25, 0.3) is 11.8 Å². The van der Waals surface area contributed by atoms with E-state index in [2.05, 4.69) is 10.9 Å². The van der Waals surface area contributed by atoms with Crippen molar-refractivity contribution in [3.63, 3.8) is 0 Å². The monoisotopic (exact) mass is 386 g/mol. The fourth-order valence-electron chi connectivity index (χ4n) is 1.78. The first-order valence-corrected chi connectivity index (χ1v) is 9.19. The van der Waals surface area contributed by atoms with Crippen LogP contribution in [0, 0.1) is 0 Å². The van der Waals surface area contributed by atoms with Crippen molar-refractivity contribution in [2.45, 2.75) is 4.90 Å². The molecule has 2 amide bonds. The van der Waals surface area contributed by atoms with E-state index in [0.29, 0.717) is 5.02 Å². The third-order valence-electron chi connectivity index (χ3n) is 3.01. The predicted octanol–water partition coefficient (Wildman–Crippen LogP) is 2.47. The Kier molecular flexibility index (Phi) is 5.48. The van der Waals surface area contributed by atoms with Gasteiger partial charge in [-0.3, -0.25) is 20.4 Å². The van der Waals surface area contributed by atoms with Gasteiger partial charge in [-0.15, -0.1) is 0 Å². The lowest BCUT2D eigenvalue weighted by atomic mass is 10.2. The van der Waals surface area contributed by atoms with E-state index in [1.165, 1.54) is 42.5 Å². The van der Waals surface area contributed by atoms with Gasteiger partial charge < -0.3 is 0 Å². The Hall–Kier alpha value is -2.09. The molecule has 0 spiro atoms. The predicted molar refractivity (Wildman–Crippen MR) is 90.9 cm³/mol. The molecule has 0 radical (unpaired) electrons. The van der Waals surface area contributed by atoms with Crippen LogP contribution in [0.25, 0.3) is 0 Å². The lowest BCUT2D eigenvalue weighted by Gasteiger charge is -2.09. The van der Waals surface area contributed by atoms with Crippen molar-refractivity contribution in [2.75, 3.05) is 6.26 Å². The van der Waals surface area contributed by atoms with E-state index in [9.17, 15) is 18.0 Å². The molecule has 2 aromatic carbocycles. The standard InChI is InChI=1S/C15H12Cl2N2O4S/c1-24(22,23)11-5-2-9(3-6-11)14(20)18-19-15(21)12-7-4-10(16)8-13(12)17/h2-8H,1H3,(H,18,20)(H,19,21). The summed E-state index contributed by atoms with van der Waals surface area (Å²) in [5.41, 5.74) is 4.77. The third kappa shape index (κ3) is 4.47. The summed E-state index contributed by atoms with van der Waals surface area (Å²) in [6.07, 6.45) is 1.07. The summed E-state index contributed by atoms with van der Waals surface area (Å²) in [5.74, 6) is -1.22. The number of hydrogen-bond donors (Lipinski definition) is 2. The lowest BCUT2D eigenvalue weighted by molar-refractivity contribution is 0.0846. The van der Waals surface area contributed by atoms with Crippen LogP contribution in [0.15, 0.2) is 47.4 Å². The van der Waals surface area contributed by atoms with Gasteiger partial charge >= 0.3 is 0 Å². The summed E-state index contributed by atoms with van der Waals surface area (Å²) in [6, 6.07) is 9.62. The van der Waals surface area contributed by atoms with Gasteiger partial charge in [-0.1, -0.05) is 23.2 Å². The molecule has 0 saturated heterocycles. The largest absolute Gasteiger partial charge is 0.271 e. The Morgan fingerprint density at radius 3 is 2.04 bits per heavy atom. The van der Waals surface area contributed by atoms with E-state index in [-0.39, 0.29) is 21.0 Å². The van der Waals surface area contributed by atoms with Gasteiger partial charge in [0, 0.05) is 16.8 Å². The molecule has 0 aliphatic carbocycles. The zero-order chi connectivity index (χ0) is 17.9. The fourth-order valence-corrected chi connectivity index (χ4v) is 2.90. The van der Waals surface area contributed by atoms with Crippen LogP contribution in [-0.2, 0) is 9.84 Å². The van der Waals surface area contributed by atoms with Gasteiger partial charge in [0.1, 0.15) is 0 Å². The Morgan fingerprint density at radius 2 is 1.50 bits per heavy atom. The zero-order valence-corrected chi connectivity index (χ0v) is 14.7. The fraction of sp³-hybridized carbons (Fsp3) is 0.0667. The van der Waals surface area contributed by atoms with Crippen molar-refractivity contribution in [1.29, 1.82) is 0 Å². The minimum Gasteiger partial charge on any atom is -0.267 e. The van der Waals surface area contributed by atoms with Crippen LogP contribution in [0.3, 0.4) is 0 Å². The molecule has 0 aliphatic rings. The normalized spacial score (nSPS) is 11.0. The first-order chi connectivity index (χ1) is 11.2. The van der Waals surface area contributed by atoms with Gasteiger partial charge in [0.15, 0.2) is 9.84 Å². The van der Waals surface area contributed by atoms with E-state index in [0.717, 1.165) is 6.26 Å². The molecule has 0 heterocycles. The molecule has 0 saturated carbocycles. The second-order valence-corrected chi connectivity index (χ2v) is 7.69. The van der Waals surface area contributed by atoms with Crippen molar-refractivity contribution in [1.82, 2.24) is 10.9 Å². The van der Waals surface area contributed by atoms with E-state index in [1.807, 2.05) is 0 Å². The summed E-state index contributed by atoms with van der Waals surface area (Å²) in [5, 5.41) is 0.526. The third-order valence-corrected chi connectivity index (χ3v) is 4.69. The number of hydrogen-bond acceptors (Lipinski definition) is 4. The number of halogens is 2. The molecule has 0 aliphatic heterocycles. The molecule has 6 nitrogen and oxygen atoms in total. The van der Waals surface area contributed by atoms with Gasteiger partial charge in [-0.05, 0) is 42.5 Å². The molecule has 2 N–H and O–H groups in total. The second-order valence-electron chi connectivity index (χ2n) is 4.83. The second kappa shape index (κ2) is 7.21. The van der Waals surface area contributed by atoms with E-state index < -0.39 is 21.7 Å². The summed E-state index contributed by atoms with van der Waals surface area (Å²) in [7, 11) is -3.34. The van der Waals surface area contributed by atoms with E-state index in [4.69, 9.17) is 23.2 Å². The van der Waals surface area contributed by atoms with Crippen molar-refractivity contribution >= 4 is 44.9 Å². The quantitative estimate of drug-likeness (QED) is 0.792. The number of amides is 2. The van der Waals surface area contributed by atoms with Gasteiger partial charge in [-0.2, -0.15) is 0 Å². The first kappa shape index (κ1) is 18.3. The Morgan fingerprint density at radius 1 is 0.917 bits per heavy atom. The maximum Gasteiger partial charge on any atom is 0.271 e. The molecule has 9 heteroatoms. The molecule has 2 aromatic rings. The number of carbonyl (C=O) groups is 2. The number of sulfone groups is 1. The van der Waals surface area contributed by atoms with Crippen LogP contribution >= 0.6 is 23.2 Å². The topological polar surface area (TPSA) is 92.3 Å². The van der Waals surface area contributed by atoms with Crippen molar-refractivity contribution in [2.24, 2.45) is 0 Å². The van der Waals surface area contributed by atoms with Crippen LogP contribution in [-0.4, -0.2) is 26.5 Å². The Bertz CT molecular complexity index is 896. The highest BCUT2D eigenvalue weighted by Crippen LogP contribution is 2.20. The van der Waals surface area contributed by atoms with E-state index in [1.54, 1.807) is 0 Å². The molecule has 0 aromatic heterocycles. The Labute approximate surface area is 148 Å². The van der Waals surface area contributed by atoms with Crippen molar-refractivity contribution in [3.05, 3.63) is 63.6 Å². The molecule has 0 bridgehead atoms. The maximum atomic E-state index is 12.0. The highest BCUT2D eigenvalue weighted by molar-refractivity contribution is 7.90. The molecular weight excluding hydrogens is 375 g/mol. The van der Waals surface area contributed by atoms with Gasteiger partial charge in [0.05, 0.1) is 15.5 Å². The maximum absolute atomic E-state index is 12.0. The summed E-state index contributed by atoms with van der Waals surface area (Å²) >= 11 is 11.6. The van der Waals surface area contributed by atoms with E-state index >= 15 is 0 Å². The molecule has 0 unspecified atom stereocenters. The van der Waals surface area contributed by atoms with Crippen LogP contribution < -0.4 is 10.9 Å². The minimum absolute atomic E-state index is 0.0935. The average Bonchev–Trinajstić information content (AvgIpc) is 2.51. The summed E-state index contributed by atoms with van der Waals surface area (Å²) < 4.78 is 22.7. The number of rotatable bonds is 3. The molecule has 0 atom stereocenters. The first-order valence-electron chi connectivity index (χ1n) is 6.54. The number of hydrazine groups is 1. The van der Waals surface area contributed by atoms with Crippen LogP contribution in [0.1, 0.15) is 20.7 Å². The molecule has 2 rings (SSSR count). The van der Waals surface area contributed by atoms with Crippen LogP contribution in [0.5, 0.6) is 0 Å². The lowest BCUT2D eigenvalue weighted by Crippen LogP contribution is -2.41. The SMILES string of the molecule is CS(=O)(=O)c1ccc(C(=O)NNC(=O)c2ccc(Cl)cc2Cl)cc1. The van der Waals surface area contributed by atoms with Gasteiger partial charge in [-0.25, -0.2) is 8.42 Å². The van der Waals surface area contributed by atoms with Crippen LogP contribution in [0.2, 0.25) is 10.0 Å².